The molecule has 0 aliphatic heterocycles. The fourth-order valence-electron chi connectivity index (χ4n) is 8.73. The number of rotatable bonds is 5. The number of aryl methyl sites for hydroxylation is 3. The maximum Gasteiger partial charge on any atom is 0.0493 e. The van der Waals surface area contributed by atoms with E-state index in [0.29, 0.717) is 0 Å². The summed E-state index contributed by atoms with van der Waals surface area (Å²) in [5.74, 6) is 0. The molecule has 1 heteroatoms. The highest BCUT2D eigenvalue weighted by molar-refractivity contribution is 6.15. The number of hydrogen-bond donors (Lipinski definition) is 0. The minimum atomic E-state index is 1.15. The number of anilines is 3. The molecule has 1 aliphatic rings. The zero-order valence-corrected chi connectivity index (χ0v) is 29.4. The predicted molar refractivity (Wildman–Crippen MR) is 223 cm³/mol. The lowest BCUT2D eigenvalue weighted by molar-refractivity contribution is 0.685. The Hall–Kier alpha value is -6.18. The Morgan fingerprint density at radius 1 is 0.385 bits per heavy atom. The molecule has 1 nitrogen and oxygen atoms in total. The maximum absolute atomic E-state index is 2.47. The Kier molecular flexibility index (Phi) is 7.39. The molecule has 9 aromatic rings. The van der Waals surface area contributed by atoms with E-state index >= 15 is 0 Å². The summed E-state index contributed by atoms with van der Waals surface area (Å²) in [7, 11) is 0. The van der Waals surface area contributed by atoms with Crippen LogP contribution in [-0.2, 0) is 12.8 Å². The van der Waals surface area contributed by atoms with Crippen molar-refractivity contribution in [2.24, 2.45) is 0 Å². The van der Waals surface area contributed by atoms with Crippen LogP contribution >= 0.6 is 0 Å². The fraction of sp³-hybridized carbons (Fsp3) is 0.0980. The minimum absolute atomic E-state index is 1.15. The van der Waals surface area contributed by atoms with Crippen LogP contribution in [0.25, 0.3) is 65.3 Å². The van der Waals surface area contributed by atoms with Gasteiger partial charge in [-0.25, -0.2) is 0 Å². The molecule has 1 aliphatic carbocycles. The first-order valence-corrected chi connectivity index (χ1v) is 18.6. The SMILES string of the molecule is Cc1cc2c(cc1N(c1ccc(-c3cc4ccccc4c4ccccc34)cc1)c1ccc(-c3cc4ccccc4c4ccccc34)cc1)CCCC2. The Bertz CT molecular complexity index is 2630. The average molecular weight is 666 g/mol. The van der Waals surface area contributed by atoms with Crippen molar-refractivity contribution in [2.75, 3.05) is 4.90 Å². The van der Waals surface area contributed by atoms with Gasteiger partial charge in [0.25, 0.3) is 0 Å². The standard InChI is InChI=1S/C51H39N/c1-34-30-37-12-2-3-13-38(37)33-51(34)52(41-26-22-35(23-27-41)49-31-39-14-4-6-16-43(39)45-18-8-10-20-47(45)49)42-28-24-36(25-29-42)50-32-40-15-5-7-17-44(40)46-19-9-11-21-48(46)50/h4-11,14-33H,2-3,12-13H2,1H3. The molecule has 0 N–H and O–H groups in total. The molecule has 248 valence electrons. The molecule has 0 saturated heterocycles. The zero-order chi connectivity index (χ0) is 34.6. The Morgan fingerprint density at radius 3 is 1.27 bits per heavy atom. The Balaban J connectivity index is 1.10. The van der Waals surface area contributed by atoms with Crippen LogP contribution in [0.5, 0.6) is 0 Å². The van der Waals surface area contributed by atoms with Gasteiger partial charge in [0.1, 0.15) is 0 Å². The molecule has 0 atom stereocenters. The lowest BCUT2D eigenvalue weighted by atomic mass is 9.89. The summed E-state index contributed by atoms with van der Waals surface area (Å²) in [4.78, 5) is 2.47. The average Bonchev–Trinajstić information content (AvgIpc) is 3.21. The van der Waals surface area contributed by atoms with E-state index in [2.05, 4.69) is 182 Å². The van der Waals surface area contributed by atoms with Crippen molar-refractivity contribution in [2.45, 2.75) is 32.6 Å². The molecule has 0 unspecified atom stereocenters. The van der Waals surface area contributed by atoms with E-state index in [4.69, 9.17) is 0 Å². The van der Waals surface area contributed by atoms with Crippen LogP contribution in [0.3, 0.4) is 0 Å². The van der Waals surface area contributed by atoms with E-state index < -0.39 is 0 Å². The van der Waals surface area contributed by atoms with Gasteiger partial charge < -0.3 is 4.90 Å². The topological polar surface area (TPSA) is 3.24 Å². The molecule has 9 aromatic carbocycles. The molecular formula is C51H39N. The second kappa shape index (κ2) is 12.5. The van der Waals surface area contributed by atoms with Gasteiger partial charge in [0.05, 0.1) is 0 Å². The molecule has 0 bridgehead atoms. The van der Waals surface area contributed by atoms with Crippen LogP contribution in [0.2, 0.25) is 0 Å². The van der Waals surface area contributed by atoms with Gasteiger partial charge in [0.2, 0.25) is 0 Å². The lowest BCUT2D eigenvalue weighted by Crippen LogP contribution is -2.13. The quantitative estimate of drug-likeness (QED) is 0.165. The van der Waals surface area contributed by atoms with E-state index in [1.807, 2.05) is 0 Å². The van der Waals surface area contributed by atoms with Gasteiger partial charge >= 0.3 is 0 Å². The first-order valence-electron chi connectivity index (χ1n) is 18.6. The monoisotopic (exact) mass is 665 g/mol. The van der Waals surface area contributed by atoms with Crippen LogP contribution in [-0.4, -0.2) is 0 Å². The largest absolute Gasteiger partial charge is 0.310 e. The summed E-state index contributed by atoms with van der Waals surface area (Å²) in [6, 6.07) is 63.2. The van der Waals surface area contributed by atoms with Gasteiger partial charge in [-0.2, -0.15) is 0 Å². The minimum Gasteiger partial charge on any atom is -0.310 e. The van der Waals surface area contributed by atoms with Crippen LogP contribution in [0, 0.1) is 6.92 Å². The van der Waals surface area contributed by atoms with Gasteiger partial charge in [-0.15, -0.1) is 0 Å². The second-order valence-electron chi connectivity index (χ2n) is 14.4. The van der Waals surface area contributed by atoms with Crippen molar-refractivity contribution in [1.82, 2.24) is 0 Å². The number of hydrogen-bond acceptors (Lipinski definition) is 1. The predicted octanol–water partition coefficient (Wildman–Crippen LogP) is 14.3. The number of fused-ring (bicyclic) bond motifs is 7. The molecular weight excluding hydrogens is 627 g/mol. The summed E-state index contributed by atoms with van der Waals surface area (Å²) >= 11 is 0. The van der Waals surface area contributed by atoms with Crippen molar-refractivity contribution >= 4 is 60.2 Å². The first kappa shape index (κ1) is 30.6. The second-order valence-corrected chi connectivity index (χ2v) is 14.4. The molecule has 0 heterocycles. The fourth-order valence-corrected chi connectivity index (χ4v) is 8.73. The summed E-state index contributed by atoms with van der Waals surface area (Å²) in [5, 5.41) is 10.3. The van der Waals surface area contributed by atoms with Crippen molar-refractivity contribution in [1.29, 1.82) is 0 Å². The summed E-state index contributed by atoms with van der Waals surface area (Å²) in [6.45, 7) is 2.28. The smallest absolute Gasteiger partial charge is 0.0493 e. The summed E-state index contributed by atoms with van der Waals surface area (Å²) in [5.41, 5.74) is 12.9. The van der Waals surface area contributed by atoms with Crippen molar-refractivity contribution < 1.29 is 0 Å². The normalized spacial score (nSPS) is 12.8. The third kappa shape index (κ3) is 5.16. The highest BCUT2D eigenvalue weighted by Crippen LogP contribution is 2.43. The van der Waals surface area contributed by atoms with E-state index in [1.54, 1.807) is 0 Å². The van der Waals surface area contributed by atoms with Gasteiger partial charge in [-0.1, -0.05) is 127 Å². The number of nitrogens with zero attached hydrogens (tertiary/aromatic N) is 1. The molecule has 0 aromatic heterocycles. The van der Waals surface area contributed by atoms with Crippen LogP contribution in [0.1, 0.15) is 29.5 Å². The maximum atomic E-state index is 2.47. The van der Waals surface area contributed by atoms with Gasteiger partial charge in [0.15, 0.2) is 0 Å². The third-order valence-electron chi connectivity index (χ3n) is 11.3. The highest BCUT2D eigenvalue weighted by atomic mass is 15.1. The van der Waals surface area contributed by atoms with Crippen LogP contribution in [0.4, 0.5) is 17.1 Å². The van der Waals surface area contributed by atoms with Crippen LogP contribution < -0.4 is 4.90 Å². The third-order valence-corrected chi connectivity index (χ3v) is 11.3. The van der Waals surface area contributed by atoms with E-state index in [1.165, 1.54) is 107 Å². The zero-order valence-electron chi connectivity index (χ0n) is 29.4. The van der Waals surface area contributed by atoms with E-state index in [0.717, 1.165) is 17.8 Å². The molecule has 0 amide bonds. The van der Waals surface area contributed by atoms with E-state index in [-0.39, 0.29) is 0 Å². The van der Waals surface area contributed by atoms with Crippen molar-refractivity contribution in [3.63, 3.8) is 0 Å². The Morgan fingerprint density at radius 2 is 0.788 bits per heavy atom. The van der Waals surface area contributed by atoms with Gasteiger partial charge in [-0.05, 0) is 157 Å². The molecule has 52 heavy (non-hydrogen) atoms. The van der Waals surface area contributed by atoms with Gasteiger partial charge in [-0.3, -0.25) is 0 Å². The lowest BCUT2D eigenvalue weighted by Gasteiger charge is -2.29. The van der Waals surface area contributed by atoms with Crippen molar-refractivity contribution in [3.05, 3.63) is 187 Å². The van der Waals surface area contributed by atoms with E-state index in [9.17, 15) is 0 Å². The molecule has 0 fully saturated rings. The molecule has 10 rings (SSSR count). The summed E-state index contributed by atoms with van der Waals surface area (Å²) in [6.07, 6.45) is 4.88. The Labute approximate surface area is 305 Å². The summed E-state index contributed by atoms with van der Waals surface area (Å²) < 4.78 is 0. The first-order chi connectivity index (χ1) is 25.7. The number of benzene rings is 9. The molecule has 0 saturated carbocycles. The van der Waals surface area contributed by atoms with Crippen LogP contribution in [0.15, 0.2) is 170 Å². The molecule has 0 spiro atoms. The highest BCUT2D eigenvalue weighted by Gasteiger charge is 2.20. The van der Waals surface area contributed by atoms with Gasteiger partial charge in [0, 0.05) is 17.1 Å². The van der Waals surface area contributed by atoms with Crippen molar-refractivity contribution in [3.8, 4) is 22.3 Å². The molecule has 0 radical (unpaired) electrons.